The number of hydrogen-bond donors (Lipinski definition) is 2. The number of aryl methyl sites for hydroxylation is 1. The molecule has 0 spiro atoms. The molecule has 4 fully saturated rings. The minimum absolute atomic E-state index is 0.0786. The predicted molar refractivity (Wildman–Crippen MR) is 126 cm³/mol. The summed E-state index contributed by atoms with van der Waals surface area (Å²) in [5.41, 5.74) is 1.74. The van der Waals surface area contributed by atoms with Gasteiger partial charge in [0.15, 0.2) is 12.4 Å². The Morgan fingerprint density at radius 3 is 2.38 bits per heavy atom. The highest BCUT2D eigenvalue weighted by Gasteiger charge is 2.53. The summed E-state index contributed by atoms with van der Waals surface area (Å²) in [6.45, 7) is 3.62. The lowest BCUT2D eigenvalue weighted by Crippen LogP contribution is -2.56. The molecule has 1 heterocycles. The highest BCUT2D eigenvalue weighted by Crippen LogP contribution is 2.61. The van der Waals surface area contributed by atoms with Gasteiger partial charge in [0.05, 0.1) is 11.8 Å². The molecule has 0 radical (unpaired) electrons. The third kappa shape index (κ3) is 4.48. The third-order valence-corrected chi connectivity index (χ3v) is 8.18. The Morgan fingerprint density at radius 2 is 1.76 bits per heavy atom. The van der Waals surface area contributed by atoms with Gasteiger partial charge in [-0.2, -0.15) is 0 Å². The molecule has 34 heavy (non-hydrogen) atoms. The zero-order valence-electron chi connectivity index (χ0n) is 19.8. The highest BCUT2D eigenvalue weighted by molar-refractivity contribution is 6.03. The van der Waals surface area contributed by atoms with Gasteiger partial charge in [-0.3, -0.25) is 9.59 Å². The summed E-state index contributed by atoms with van der Waals surface area (Å²) in [4.78, 5) is 37.5. The molecule has 4 aliphatic carbocycles. The van der Waals surface area contributed by atoms with Crippen molar-refractivity contribution in [1.29, 1.82) is 0 Å². The summed E-state index contributed by atoms with van der Waals surface area (Å²) >= 11 is 0. The molecule has 4 bridgehead atoms. The van der Waals surface area contributed by atoms with Crippen molar-refractivity contribution >= 4 is 23.5 Å². The lowest BCUT2D eigenvalue weighted by molar-refractivity contribution is -0.128. The number of nitrogens with one attached hydrogen (secondary N) is 2. The zero-order chi connectivity index (χ0) is 23.9. The highest BCUT2D eigenvalue weighted by atomic mass is 16.5. The number of anilines is 1. The third-order valence-electron chi connectivity index (χ3n) is 8.18. The average Bonchev–Trinajstić information content (AvgIpc) is 3.33. The Bertz CT molecular complexity index is 1060. The van der Waals surface area contributed by atoms with E-state index >= 15 is 0 Å². The number of hydrogen-bond acceptors (Lipinski definition) is 5. The lowest BCUT2D eigenvalue weighted by Gasteiger charge is -2.59. The molecule has 180 valence electrons. The van der Waals surface area contributed by atoms with Crippen molar-refractivity contribution in [3.63, 3.8) is 0 Å². The zero-order valence-corrected chi connectivity index (χ0v) is 19.8. The van der Waals surface area contributed by atoms with Gasteiger partial charge in [-0.15, -0.1) is 0 Å². The second-order valence-electron chi connectivity index (χ2n) is 10.6. The molecule has 4 aliphatic rings. The first kappa shape index (κ1) is 22.7. The van der Waals surface area contributed by atoms with Gasteiger partial charge in [-0.25, -0.2) is 4.79 Å². The molecule has 0 aliphatic heterocycles. The van der Waals surface area contributed by atoms with Crippen LogP contribution in [0.25, 0.3) is 0 Å². The second kappa shape index (κ2) is 8.93. The average molecular weight is 465 g/mol. The van der Waals surface area contributed by atoms with Crippen LogP contribution in [0.5, 0.6) is 0 Å². The van der Waals surface area contributed by atoms with E-state index in [2.05, 4.69) is 17.6 Å². The van der Waals surface area contributed by atoms with E-state index in [4.69, 9.17) is 9.15 Å². The Morgan fingerprint density at radius 1 is 1.09 bits per heavy atom. The van der Waals surface area contributed by atoms with Crippen LogP contribution in [0.4, 0.5) is 5.69 Å². The number of benzene rings is 1. The van der Waals surface area contributed by atoms with Crippen LogP contribution in [-0.4, -0.2) is 30.4 Å². The van der Waals surface area contributed by atoms with Gasteiger partial charge in [0, 0.05) is 11.7 Å². The van der Waals surface area contributed by atoms with Gasteiger partial charge in [0.2, 0.25) is 0 Å². The fourth-order valence-electron chi connectivity index (χ4n) is 6.83. The minimum atomic E-state index is -0.605. The summed E-state index contributed by atoms with van der Waals surface area (Å²) in [7, 11) is 0. The van der Waals surface area contributed by atoms with E-state index in [1.165, 1.54) is 44.8 Å². The molecular formula is C27H32N2O5. The van der Waals surface area contributed by atoms with Gasteiger partial charge < -0.3 is 19.8 Å². The molecule has 0 unspecified atom stereocenters. The van der Waals surface area contributed by atoms with Crippen molar-refractivity contribution in [3.05, 3.63) is 53.5 Å². The van der Waals surface area contributed by atoms with Gasteiger partial charge in [0.25, 0.3) is 11.8 Å². The smallest absolute Gasteiger partial charge is 0.338 e. The first-order chi connectivity index (χ1) is 16.3. The molecule has 7 nitrogen and oxygen atoms in total. The van der Waals surface area contributed by atoms with E-state index in [9.17, 15) is 14.4 Å². The number of amides is 2. The molecule has 1 aromatic heterocycles. The maximum absolute atomic E-state index is 12.6. The molecule has 2 aromatic rings. The summed E-state index contributed by atoms with van der Waals surface area (Å²) in [6, 6.07) is 8.17. The number of rotatable bonds is 7. The first-order valence-electron chi connectivity index (χ1n) is 12.2. The van der Waals surface area contributed by atoms with Crippen LogP contribution < -0.4 is 10.6 Å². The summed E-state index contributed by atoms with van der Waals surface area (Å²) in [5, 5.41) is 5.86. The Balaban J connectivity index is 1.16. The van der Waals surface area contributed by atoms with Crippen LogP contribution in [0.3, 0.4) is 0 Å². The standard InChI is InChI=1S/C27H32N2O5/c1-16-5-6-21(11-22(16)29-25(31)23-4-3-7-33-23)26(32)34-15-24(30)28-17(2)27-12-18-8-19(13-27)10-20(9-18)14-27/h3-7,11,17-20H,8-10,12-15H2,1-2H3,(H,28,30)(H,29,31)/t17-,18?,19?,20?,27?/m1/s1. The van der Waals surface area contributed by atoms with Crippen LogP contribution in [0.15, 0.2) is 41.0 Å². The number of carbonyl (C=O) groups excluding carboxylic acids is 3. The fourth-order valence-corrected chi connectivity index (χ4v) is 6.83. The van der Waals surface area contributed by atoms with Crippen molar-refractivity contribution in [1.82, 2.24) is 5.32 Å². The summed E-state index contributed by atoms with van der Waals surface area (Å²) in [6.07, 6.45) is 9.11. The van der Waals surface area contributed by atoms with E-state index in [-0.39, 0.29) is 35.3 Å². The Hall–Kier alpha value is -3.09. The Labute approximate surface area is 199 Å². The molecule has 4 saturated carbocycles. The van der Waals surface area contributed by atoms with Gasteiger partial charge in [0.1, 0.15) is 0 Å². The first-order valence-corrected chi connectivity index (χ1v) is 12.2. The molecule has 1 atom stereocenters. The molecule has 7 heteroatoms. The second-order valence-corrected chi connectivity index (χ2v) is 10.6. The molecule has 1 aromatic carbocycles. The van der Waals surface area contributed by atoms with Gasteiger partial charge in [-0.05, 0) is 105 Å². The van der Waals surface area contributed by atoms with Crippen LogP contribution in [0.2, 0.25) is 0 Å². The van der Waals surface area contributed by atoms with Crippen LogP contribution >= 0.6 is 0 Å². The van der Waals surface area contributed by atoms with Crippen LogP contribution in [0.1, 0.15) is 71.9 Å². The molecular weight excluding hydrogens is 432 g/mol. The largest absolute Gasteiger partial charge is 0.459 e. The molecule has 6 rings (SSSR count). The normalized spacial score (nSPS) is 27.8. The van der Waals surface area contributed by atoms with Crippen LogP contribution in [-0.2, 0) is 9.53 Å². The van der Waals surface area contributed by atoms with E-state index in [0.717, 1.165) is 23.3 Å². The number of furan rings is 1. The van der Waals surface area contributed by atoms with E-state index < -0.39 is 11.9 Å². The van der Waals surface area contributed by atoms with E-state index in [1.54, 1.807) is 30.3 Å². The molecule has 0 saturated heterocycles. The Kier molecular flexibility index (Phi) is 5.96. The quantitative estimate of drug-likeness (QED) is 0.578. The number of ether oxygens (including phenoxy) is 1. The SMILES string of the molecule is Cc1ccc(C(=O)OCC(=O)N[C@H](C)C23CC4CC(CC(C4)C2)C3)cc1NC(=O)c1ccco1. The van der Waals surface area contributed by atoms with Crippen molar-refractivity contribution in [2.24, 2.45) is 23.2 Å². The van der Waals surface area contributed by atoms with Crippen molar-refractivity contribution in [2.45, 2.75) is 58.4 Å². The number of carbonyl (C=O) groups is 3. The van der Waals surface area contributed by atoms with E-state index in [1.807, 2.05) is 6.92 Å². The van der Waals surface area contributed by atoms with Crippen LogP contribution in [0, 0.1) is 30.1 Å². The van der Waals surface area contributed by atoms with Crippen molar-refractivity contribution in [2.75, 3.05) is 11.9 Å². The summed E-state index contributed by atoms with van der Waals surface area (Å²) in [5.74, 6) is 1.34. The van der Waals surface area contributed by atoms with E-state index in [0.29, 0.717) is 5.69 Å². The minimum Gasteiger partial charge on any atom is -0.459 e. The molecule has 2 N–H and O–H groups in total. The monoisotopic (exact) mass is 464 g/mol. The lowest BCUT2D eigenvalue weighted by atomic mass is 9.48. The molecule has 2 amide bonds. The summed E-state index contributed by atoms with van der Waals surface area (Å²) < 4.78 is 10.4. The topological polar surface area (TPSA) is 97.6 Å². The predicted octanol–water partition coefficient (Wildman–Crippen LogP) is 4.72. The van der Waals surface area contributed by atoms with Gasteiger partial charge >= 0.3 is 5.97 Å². The fraction of sp³-hybridized carbons (Fsp3) is 0.519. The van der Waals surface area contributed by atoms with Crippen molar-refractivity contribution < 1.29 is 23.5 Å². The van der Waals surface area contributed by atoms with Crippen molar-refractivity contribution in [3.8, 4) is 0 Å². The maximum Gasteiger partial charge on any atom is 0.338 e. The maximum atomic E-state index is 12.6. The van der Waals surface area contributed by atoms with Gasteiger partial charge in [-0.1, -0.05) is 6.07 Å². The number of esters is 1.